The van der Waals surface area contributed by atoms with Crippen LogP contribution in [0.25, 0.3) is 0 Å². The highest BCUT2D eigenvalue weighted by Gasteiger charge is 2.20. The fraction of sp³-hybridized carbons (Fsp3) is 0.545. The average molecular weight is 245 g/mol. The summed E-state index contributed by atoms with van der Waals surface area (Å²) in [5.74, 6) is 0. The highest BCUT2D eigenvalue weighted by Crippen LogP contribution is 2.23. The van der Waals surface area contributed by atoms with Crippen LogP contribution in [-0.4, -0.2) is 22.5 Å². The van der Waals surface area contributed by atoms with Crippen molar-refractivity contribution in [3.8, 4) is 0 Å². The first-order valence-corrected chi connectivity index (χ1v) is 5.97. The standard InChI is InChI=1S/C11H14Cl2N2/c1-8-3-2-6-15(8)7-9-4-5-10(12)14-11(9)13/h4-5,8H,2-3,6-7H2,1H3. The molecule has 0 N–H and O–H groups in total. The van der Waals surface area contributed by atoms with Crippen molar-refractivity contribution in [1.29, 1.82) is 0 Å². The Balaban J connectivity index is 2.10. The molecule has 1 aliphatic rings. The second-order valence-corrected chi connectivity index (χ2v) is 4.79. The summed E-state index contributed by atoms with van der Waals surface area (Å²) in [4.78, 5) is 6.47. The molecule has 0 bridgehead atoms. The molecule has 1 saturated heterocycles. The summed E-state index contributed by atoms with van der Waals surface area (Å²) in [5.41, 5.74) is 1.06. The second kappa shape index (κ2) is 4.69. The Morgan fingerprint density at radius 3 is 2.87 bits per heavy atom. The van der Waals surface area contributed by atoms with Crippen LogP contribution in [0.2, 0.25) is 10.3 Å². The Morgan fingerprint density at radius 2 is 2.27 bits per heavy atom. The zero-order valence-electron chi connectivity index (χ0n) is 8.71. The van der Waals surface area contributed by atoms with E-state index >= 15 is 0 Å². The summed E-state index contributed by atoms with van der Waals surface area (Å²) in [6.45, 7) is 4.29. The van der Waals surface area contributed by atoms with E-state index in [9.17, 15) is 0 Å². The average Bonchev–Trinajstić information content (AvgIpc) is 2.57. The molecule has 1 unspecified atom stereocenters. The van der Waals surface area contributed by atoms with Crippen LogP contribution >= 0.6 is 23.2 Å². The maximum absolute atomic E-state index is 6.03. The smallest absolute Gasteiger partial charge is 0.135 e. The number of halogens is 2. The highest BCUT2D eigenvalue weighted by atomic mass is 35.5. The van der Waals surface area contributed by atoms with Gasteiger partial charge in [0, 0.05) is 18.2 Å². The Kier molecular flexibility index (Phi) is 3.49. The van der Waals surface area contributed by atoms with Gasteiger partial charge >= 0.3 is 0 Å². The zero-order valence-corrected chi connectivity index (χ0v) is 10.2. The molecular formula is C11H14Cl2N2. The third-order valence-corrected chi connectivity index (χ3v) is 3.49. The molecule has 0 spiro atoms. The highest BCUT2D eigenvalue weighted by molar-refractivity contribution is 6.32. The summed E-state index contributed by atoms with van der Waals surface area (Å²) in [7, 11) is 0. The molecule has 15 heavy (non-hydrogen) atoms. The molecule has 1 aromatic heterocycles. The van der Waals surface area contributed by atoms with E-state index in [-0.39, 0.29) is 0 Å². The Hall–Kier alpha value is -0.310. The predicted molar refractivity (Wildman–Crippen MR) is 63.4 cm³/mol. The first-order valence-electron chi connectivity index (χ1n) is 5.22. The van der Waals surface area contributed by atoms with E-state index < -0.39 is 0 Å². The molecule has 1 aromatic rings. The first-order chi connectivity index (χ1) is 7.16. The molecule has 0 aliphatic carbocycles. The molecule has 2 heterocycles. The van der Waals surface area contributed by atoms with Gasteiger partial charge in [-0.25, -0.2) is 4.98 Å². The molecule has 2 rings (SSSR count). The number of hydrogen-bond acceptors (Lipinski definition) is 2. The summed E-state index contributed by atoms with van der Waals surface area (Å²) in [6, 6.07) is 4.41. The van der Waals surface area contributed by atoms with Crippen LogP contribution in [0, 0.1) is 0 Å². The zero-order chi connectivity index (χ0) is 10.8. The second-order valence-electron chi connectivity index (χ2n) is 4.05. The van der Waals surface area contributed by atoms with Crippen LogP contribution < -0.4 is 0 Å². The van der Waals surface area contributed by atoms with Crippen LogP contribution in [0.15, 0.2) is 12.1 Å². The van der Waals surface area contributed by atoms with Crippen LogP contribution in [0.4, 0.5) is 0 Å². The van der Waals surface area contributed by atoms with Gasteiger partial charge in [0.15, 0.2) is 0 Å². The van der Waals surface area contributed by atoms with Crippen LogP contribution in [0.1, 0.15) is 25.3 Å². The van der Waals surface area contributed by atoms with Gasteiger partial charge in [-0.05, 0) is 32.4 Å². The van der Waals surface area contributed by atoms with Crippen molar-refractivity contribution in [2.75, 3.05) is 6.54 Å². The lowest BCUT2D eigenvalue weighted by atomic mass is 10.2. The number of likely N-dealkylation sites (tertiary alicyclic amines) is 1. The minimum Gasteiger partial charge on any atom is -0.296 e. The van der Waals surface area contributed by atoms with Crippen molar-refractivity contribution in [1.82, 2.24) is 9.88 Å². The van der Waals surface area contributed by atoms with Crippen molar-refractivity contribution in [2.45, 2.75) is 32.4 Å². The van der Waals surface area contributed by atoms with Crippen molar-refractivity contribution in [3.05, 3.63) is 28.0 Å². The maximum atomic E-state index is 6.03. The van der Waals surface area contributed by atoms with Gasteiger partial charge in [0.05, 0.1) is 0 Å². The molecule has 0 radical (unpaired) electrons. The fourth-order valence-electron chi connectivity index (χ4n) is 2.01. The monoisotopic (exact) mass is 244 g/mol. The van der Waals surface area contributed by atoms with Gasteiger partial charge < -0.3 is 0 Å². The molecule has 0 aromatic carbocycles. The SMILES string of the molecule is CC1CCCN1Cc1ccc(Cl)nc1Cl. The molecule has 1 atom stereocenters. The molecule has 82 valence electrons. The number of rotatable bonds is 2. The minimum atomic E-state index is 0.457. The molecule has 2 nitrogen and oxygen atoms in total. The summed E-state index contributed by atoms with van der Waals surface area (Å²) < 4.78 is 0. The van der Waals surface area contributed by atoms with E-state index in [2.05, 4.69) is 16.8 Å². The maximum Gasteiger partial charge on any atom is 0.135 e. The molecule has 0 saturated carbocycles. The third kappa shape index (κ3) is 2.63. The molecular weight excluding hydrogens is 231 g/mol. The van der Waals surface area contributed by atoms with Gasteiger partial charge in [0.25, 0.3) is 0 Å². The third-order valence-electron chi connectivity index (χ3n) is 2.96. The topological polar surface area (TPSA) is 16.1 Å². The van der Waals surface area contributed by atoms with Crippen LogP contribution in [0.5, 0.6) is 0 Å². The normalized spacial score (nSPS) is 22.2. The summed E-state index contributed by atoms with van der Waals surface area (Å²) in [6.07, 6.45) is 2.55. The number of aromatic nitrogens is 1. The molecule has 4 heteroatoms. The van der Waals surface area contributed by atoms with Crippen molar-refractivity contribution < 1.29 is 0 Å². The van der Waals surface area contributed by atoms with E-state index in [0.717, 1.165) is 18.7 Å². The van der Waals surface area contributed by atoms with Crippen LogP contribution in [0.3, 0.4) is 0 Å². The first kappa shape index (κ1) is 11.2. The molecule has 0 amide bonds. The summed E-state index contributed by atoms with van der Waals surface area (Å²) in [5, 5.41) is 0.986. The van der Waals surface area contributed by atoms with E-state index in [0.29, 0.717) is 16.3 Å². The van der Waals surface area contributed by atoms with Gasteiger partial charge in [-0.3, -0.25) is 4.90 Å². The quantitative estimate of drug-likeness (QED) is 0.742. The Bertz CT molecular complexity index is 354. The van der Waals surface area contributed by atoms with Gasteiger partial charge in [-0.15, -0.1) is 0 Å². The van der Waals surface area contributed by atoms with Gasteiger partial charge in [0.2, 0.25) is 0 Å². The number of hydrogen-bond donors (Lipinski definition) is 0. The van der Waals surface area contributed by atoms with Gasteiger partial charge in [-0.1, -0.05) is 29.3 Å². The fourth-order valence-corrected chi connectivity index (χ4v) is 2.41. The summed E-state index contributed by atoms with van der Waals surface area (Å²) >= 11 is 11.8. The van der Waals surface area contributed by atoms with Crippen molar-refractivity contribution >= 4 is 23.2 Å². The largest absolute Gasteiger partial charge is 0.296 e. The van der Waals surface area contributed by atoms with E-state index in [1.165, 1.54) is 12.8 Å². The van der Waals surface area contributed by atoms with Crippen molar-refractivity contribution in [2.24, 2.45) is 0 Å². The Morgan fingerprint density at radius 1 is 1.47 bits per heavy atom. The Labute approximate surface area is 100 Å². The lowest BCUT2D eigenvalue weighted by molar-refractivity contribution is 0.260. The number of nitrogens with zero attached hydrogens (tertiary/aromatic N) is 2. The number of pyridine rings is 1. The minimum absolute atomic E-state index is 0.457. The lowest BCUT2D eigenvalue weighted by Crippen LogP contribution is -2.26. The van der Waals surface area contributed by atoms with Crippen LogP contribution in [-0.2, 0) is 6.54 Å². The molecule has 1 aliphatic heterocycles. The lowest BCUT2D eigenvalue weighted by Gasteiger charge is -2.21. The van der Waals surface area contributed by atoms with Crippen molar-refractivity contribution in [3.63, 3.8) is 0 Å². The molecule has 1 fully saturated rings. The van der Waals surface area contributed by atoms with Gasteiger partial charge in [-0.2, -0.15) is 0 Å². The predicted octanol–water partition coefficient (Wildman–Crippen LogP) is 3.37. The van der Waals surface area contributed by atoms with Gasteiger partial charge in [0.1, 0.15) is 10.3 Å². The van der Waals surface area contributed by atoms with E-state index in [1.807, 2.05) is 6.07 Å². The van der Waals surface area contributed by atoms with E-state index in [1.54, 1.807) is 6.07 Å². The van der Waals surface area contributed by atoms with E-state index in [4.69, 9.17) is 23.2 Å².